The van der Waals surface area contributed by atoms with Crippen molar-refractivity contribution in [2.24, 2.45) is 0 Å². The minimum absolute atomic E-state index is 0.112. The first-order valence-electron chi connectivity index (χ1n) is 7.08. The number of carbonyl (C=O) groups is 1. The van der Waals surface area contributed by atoms with Gasteiger partial charge in [0.1, 0.15) is 6.54 Å². The number of hydrogen-bond acceptors (Lipinski definition) is 5. The van der Waals surface area contributed by atoms with Gasteiger partial charge in [0.2, 0.25) is 5.91 Å². The number of aromatic nitrogens is 4. The van der Waals surface area contributed by atoms with Gasteiger partial charge in [-0.1, -0.05) is 11.3 Å². The molecule has 3 rings (SSSR count). The molecule has 0 bridgehead atoms. The number of rotatable bonds is 4. The highest BCUT2D eigenvalue weighted by Crippen LogP contribution is 2.29. The number of carbonyl (C=O) groups excluding carboxylic acids is 1. The number of nitrogens with zero attached hydrogens (tertiary/aromatic N) is 4. The average Bonchev–Trinajstić information content (AvgIpc) is 3.09. The zero-order chi connectivity index (χ0) is 18.2. The van der Waals surface area contributed by atoms with Crippen LogP contribution in [0.15, 0.2) is 28.5 Å². The number of aryl methyl sites for hydroxylation is 1. The van der Waals surface area contributed by atoms with Crippen molar-refractivity contribution >= 4 is 22.9 Å². The van der Waals surface area contributed by atoms with Crippen molar-refractivity contribution in [3.8, 4) is 0 Å². The van der Waals surface area contributed by atoms with Gasteiger partial charge in [0.25, 0.3) is 0 Å². The molecule has 7 nitrogen and oxygen atoms in total. The lowest BCUT2D eigenvalue weighted by molar-refractivity contribution is -0.137. The van der Waals surface area contributed by atoms with E-state index in [4.69, 9.17) is 0 Å². The largest absolute Gasteiger partial charge is 0.417 e. The molecule has 0 saturated carbocycles. The van der Waals surface area contributed by atoms with Gasteiger partial charge in [0, 0.05) is 17.3 Å². The molecular weight excluding hydrogens is 359 g/mol. The topological polar surface area (TPSA) is 81.3 Å². The molecule has 0 fully saturated rings. The van der Waals surface area contributed by atoms with Gasteiger partial charge in [-0.05, 0) is 19.1 Å². The number of alkyl halides is 3. The average molecular weight is 371 g/mol. The third-order valence-electron chi connectivity index (χ3n) is 3.52. The van der Waals surface area contributed by atoms with Crippen molar-refractivity contribution in [2.75, 3.05) is 0 Å². The molecule has 1 N–H and O–H groups in total. The Hall–Kier alpha value is -2.69. The lowest BCUT2D eigenvalue weighted by Gasteiger charge is -2.08. The van der Waals surface area contributed by atoms with Gasteiger partial charge in [-0.3, -0.25) is 18.6 Å². The third kappa shape index (κ3) is 3.55. The van der Waals surface area contributed by atoms with Crippen molar-refractivity contribution in [3.05, 3.63) is 50.5 Å². The van der Waals surface area contributed by atoms with Crippen molar-refractivity contribution in [1.82, 2.24) is 24.5 Å². The monoisotopic (exact) mass is 371 g/mol. The van der Waals surface area contributed by atoms with Crippen LogP contribution >= 0.6 is 11.3 Å². The van der Waals surface area contributed by atoms with E-state index in [1.165, 1.54) is 15.0 Å². The van der Waals surface area contributed by atoms with E-state index in [-0.39, 0.29) is 29.4 Å². The highest BCUT2D eigenvalue weighted by Gasteiger charge is 2.31. The van der Waals surface area contributed by atoms with E-state index in [9.17, 15) is 22.8 Å². The van der Waals surface area contributed by atoms with Gasteiger partial charge >= 0.3 is 11.0 Å². The van der Waals surface area contributed by atoms with Crippen LogP contribution in [0.5, 0.6) is 0 Å². The second-order valence-corrected chi connectivity index (χ2v) is 6.09. The van der Waals surface area contributed by atoms with E-state index >= 15 is 0 Å². The van der Waals surface area contributed by atoms with Crippen molar-refractivity contribution < 1.29 is 18.0 Å². The molecule has 3 aromatic heterocycles. The minimum atomic E-state index is -4.49. The Bertz CT molecular complexity index is 988. The first-order chi connectivity index (χ1) is 11.8. The van der Waals surface area contributed by atoms with Crippen molar-refractivity contribution in [2.45, 2.75) is 26.2 Å². The van der Waals surface area contributed by atoms with Crippen LogP contribution in [0, 0.1) is 6.92 Å². The van der Waals surface area contributed by atoms with Crippen molar-refractivity contribution in [3.63, 3.8) is 0 Å². The Morgan fingerprint density at radius 2 is 2.08 bits per heavy atom. The lowest BCUT2D eigenvalue weighted by atomic mass is 10.3. The highest BCUT2D eigenvalue weighted by atomic mass is 32.1. The molecule has 0 unspecified atom stereocenters. The maximum absolute atomic E-state index is 12.8. The number of fused-ring (bicyclic) bond motifs is 1. The molecule has 0 atom stereocenters. The quantitative estimate of drug-likeness (QED) is 0.755. The number of halogens is 3. The van der Waals surface area contributed by atoms with Gasteiger partial charge in [-0.25, -0.2) is 0 Å². The zero-order valence-corrected chi connectivity index (χ0v) is 13.7. The standard InChI is InChI=1S/C14H12F3N5O2S/c1-8-7-25-13(24)21(8)6-12(23)18-4-11-20-19-10-3-2-9(5-22(10)11)14(15,16)17/h2-3,5,7H,4,6H2,1H3,(H,18,23). The summed E-state index contributed by atoms with van der Waals surface area (Å²) in [6.45, 7) is 1.42. The molecule has 0 aliphatic rings. The molecule has 3 aromatic rings. The van der Waals surface area contributed by atoms with E-state index < -0.39 is 17.6 Å². The summed E-state index contributed by atoms with van der Waals surface area (Å²) < 4.78 is 40.9. The molecule has 0 spiro atoms. The Morgan fingerprint density at radius 1 is 1.32 bits per heavy atom. The number of pyridine rings is 1. The van der Waals surface area contributed by atoms with Crippen LogP contribution in [0.1, 0.15) is 17.1 Å². The van der Waals surface area contributed by atoms with Crippen LogP contribution in [0.3, 0.4) is 0 Å². The predicted octanol–water partition coefficient (Wildman–Crippen LogP) is 1.60. The summed E-state index contributed by atoms with van der Waals surface area (Å²) in [5, 5.41) is 11.7. The van der Waals surface area contributed by atoms with Gasteiger partial charge in [-0.2, -0.15) is 13.2 Å². The second kappa shape index (κ2) is 6.31. The molecule has 3 heterocycles. The summed E-state index contributed by atoms with van der Waals surface area (Å²) in [6, 6.07) is 2.12. The molecule has 25 heavy (non-hydrogen) atoms. The summed E-state index contributed by atoms with van der Waals surface area (Å²) in [6.07, 6.45) is -3.61. The van der Waals surface area contributed by atoms with Crippen LogP contribution in [0.2, 0.25) is 0 Å². The molecule has 0 aromatic carbocycles. The van der Waals surface area contributed by atoms with Crippen LogP contribution in [0.25, 0.3) is 5.65 Å². The molecule has 132 valence electrons. The number of nitrogens with one attached hydrogen (secondary N) is 1. The van der Waals surface area contributed by atoms with Gasteiger partial charge in [0.05, 0.1) is 12.1 Å². The lowest BCUT2D eigenvalue weighted by Crippen LogP contribution is -2.31. The number of thiazole rings is 1. The maximum Gasteiger partial charge on any atom is 0.417 e. The smallest absolute Gasteiger partial charge is 0.347 e. The number of hydrogen-bond donors (Lipinski definition) is 1. The molecule has 0 aliphatic carbocycles. The fourth-order valence-electron chi connectivity index (χ4n) is 2.20. The van der Waals surface area contributed by atoms with Crippen LogP contribution in [-0.4, -0.2) is 25.1 Å². The fraction of sp³-hybridized carbons (Fsp3) is 0.286. The molecular formula is C14H12F3N5O2S. The maximum atomic E-state index is 12.8. The summed E-state index contributed by atoms with van der Waals surface area (Å²) in [7, 11) is 0. The number of amides is 1. The highest BCUT2D eigenvalue weighted by molar-refractivity contribution is 7.07. The van der Waals surface area contributed by atoms with E-state index in [2.05, 4.69) is 15.5 Å². The molecule has 0 radical (unpaired) electrons. The molecule has 11 heteroatoms. The van der Waals surface area contributed by atoms with E-state index in [1.54, 1.807) is 12.3 Å². The van der Waals surface area contributed by atoms with E-state index in [0.29, 0.717) is 5.69 Å². The third-order valence-corrected chi connectivity index (χ3v) is 4.40. The Kier molecular flexibility index (Phi) is 4.33. The van der Waals surface area contributed by atoms with E-state index in [1.807, 2.05) is 0 Å². The Balaban J connectivity index is 1.75. The first kappa shape index (κ1) is 17.1. The minimum Gasteiger partial charge on any atom is -0.347 e. The van der Waals surface area contributed by atoms with E-state index in [0.717, 1.165) is 23.6 Å². The summed E-state index contributed by atoms with van der Waals surface area (Å²) in [5.74, 6) is -0.295. The Labute approximate surface area is 142 Å². The van der Waals surface area contributed by atoms with Crippen molar-refractivity contribution in [1.29, 1.82) is 0 Å². The summed E-state index contributed by atoms with van der Waals surface area (Å²) in [4.78, 5) is 23.3. The van der Waals surface area contributed by atoms with Gasteiger partial charge < -0.3 is 5.32 Å². The molecule has 0 aliphatic heterocycles. The molecule has 1 amide bonds. The zero-order valence-electron chi connectivity index (χ0n) is 12.9. The van der Waals surface area contributed by atoms with Crippen LogP contribution < -0.4 is 10.2 Å². The summed E-state index contributed by atoms with van der Waals surface area (Å²) >= 11 is 0.989. The summed E-state index contributed by atoms with van der Waals surface area (Å²) in [5.41, 5.74) is 0.0582. The van der Waals surface area contributed by atoms with Crippen LogP contribution in [-0.2, 0) is 24.1 Å². The SMILES string of the molecule is Cc1csc(=O)n1CC(=O)NCc1nnc2ccc(C(F)(F)F)cn12. The van der Waals surface area contributed by atoms with Crippen LogP contribution in [0.4, 0.5) is 13.2 Å². The second-order valence-electron chi connectivity index (χ2n) is 5.27. The normalized spacial score (nSPS) is 11.8. The van der Waals surface area contributed by atoms with Gasteiger partial charge in [0.15, 0.2) is 11.5 Å². The molecule has 0 saturated heterocycles. The predicted molar refractivity (Wildman–Crippen MR) is 83.2 cm³/mol. The van der Waals surface area contributed by atoms with Gasteiger partial charge in [-0.15, -0.1) is 10.2 Å². The fourth-order valence-corrected chi connectivity index (χ4v) is 2.93. The first-order valence-corrected chi connectivity index (χ1v) is 7.96. The Morgan fingerprint density at radius 3 is 2.72 bits per heavy atom.